The predicted molar refractivity (Wildman–Crippen MR) is 153 cm³/mol. The molecule has 0 aromatic heterocycles. The Labute approximate surface area is 227 Å². The number of hydrogen-bond acceptors (Lipinski definition) is 6. The zero-order chi connectivity index (χ0) is 25.8. The molecular formula is C27H23BrN2O4S2. The van der Waals surface area contributed by atoms with Crippen molar-refractivity contribution in [1.29, 1.82) is 0 Å². The van der Waals surface area contributed by atoms with Crippen LogP contribution in [-0.4, -0.2) is 29.9 Å². The van der Waals surface area contributed by atoms with E-state index in [-0.39, 0.29) is 18.4 Å². The van der Waals surface area contributed by atoms with Crippen LogP contribution in [0.3, 0.4) is 0 Å². The average molecular weight is 584 g/mol. The van der Waals surface area contributed by atoms with E-state index in [0.717, 1.165) is 22.4 Å². The number of hydrogen-bond donors (Lipinski definition) is 1. The summed E-state index contributed by atoms with van der Waals surface area (Å²) >= 11 is 10.2. The fourth-order valence-electron chi connectivity index (χ4n) is 3.66. The lowest BCUT2D eigenvalue weighted by Gasteiger charge is -2.16. The van der Waals surface area contributed by atoms with Gasteiger partial charge in [0.2, 0.25) is 0 Å². The van der Waals surface area contributed by atoms with Crippen molar-refractivity contribution >= 4 is 73.5 Å². The number of aryl methyl sites for hydroxylation is 2. The number of anilines is 2. The summed E-state index contributed by atoms with van der Waals surface area (Å²) in [4.78, 5) is 27.6. The number of ether oxygens (including phenoxy) is 2. The second-order valence-corrected chi connectivity index (χ2v) is 10.6. The van der Waals surface area contributed by atoms with Crippen LogP contribution in [0.4, 0.5) is 11.4 Å². The molecule has 184 valence electrons. The highest BCUT2D eigenvalue weighted by molar-refractivity contribution is 9.10. The fraction of sp³-hybridized carbons (Fsp3) is 0.148. The smallest absolute Gasteiger partial charge is 0.270 e. The predicted octanol–water partition coefficient (Wildman–Crippen LogP) is 6.50. The van der Waals surface area contributed by atoms with Crippen molar-refractivity contribution in [2.24, 2.45) is 0 Å². The molecule has 1 aliphatic heterocycles. The lowest BCUT2D eigenvalue weighted by molar-refractivity contribution is -0.118. The van der Waals surface area contributed by atoms with E-state index in [1.807, 2.05) is 62.4 Å². The van der Waals surface area contributed by atoms with E-state index in [9.17, 15) is 9.59 Å². The van der Waals surface area contributed by atoms with E-state index in [0.29, 0.717) is 30.9 Å². The van der Waals surface area contributed by atoms with Gasteiger partial charge < -0.3 is 14.8 Å². The fourth-order valence-corrected chi connectivity index (χ4v) is 5.52. The third-order valence-corrected chi connectivity index (χ3v) is 7.24. The van der Waals surface area contributed by atoms with E-state index >= 15 is 0 Å². The van der Waals surface area contributed by atoms with Crippen molar-refractivity contribution < 1.29 is 19.1 Å². The van der Waals surface area contributed by atoms with Crippen LogP contribution in [0.15, 0.2) is 70.0 Å². The number of para-hydroxylation sites is 1. The van der Waals surface area contributed by atoms with Gasteiger partial charge in [0, 0.05) is 5.69 Å². The quantitative estimate of drug-likeness (QED) is 0.253. The summed E-state index contributed by atoms with van der Waals surface area (Å²) in [5.41, 5.74) is 4.21. The van der Waals surface area contributed by atoms with Crippen LogP contribution in [0, 0.1) is 13.8 Å². The Morgan fingerprint density at radius 1 is 1.14 bits per heavy atom. The van der Waals surface area contributed by atoms with Gasteiger partial charge in [0.15, 0.2) is 22.4 Å². The molecular weight excluding hydrogens is 560 g/mol. The Hall–Kier alpha value is -3.14. The molecule has 3 aromatic rings. The van der Waals surface area contributed by atoms with Gasteiger partial charge in [-0.25, -0.2) is 0 Å². The van der Waals surface area contributed by atoms with Crippen LogP contribution >= 0.6 is 39.9 Å². The number of carbonyl (C=O) groups is 2. The molecule has 6 nitrogen and oxygen atoms in total. The molecule has 1 N–H and O–H groups in total. The van der Waals surface area contributed by atoms with Crippen LogP contribution in [0.5, 0.6) is 11.5 Å². The number of thiocarbonyl (C=S) groups is 1. The van der Waals surface area contributed by atoms with Crippen LogP contribution < -0.4 is 19.7 Å². The third-order valence-electron chi connectivity index (χ3n) is 5.35. The maximum absolute atomic E-state index is 13.2. The summed E-state index contributed by atoms with van der Waals surface area (Å²) in [5.74, 6) is 0.343. The van der Waals surface area contributed by atoms with Gasteiger partial charge >= 0.3 is 0 Å². The summed E-state index contributed by atoms with van der Waals surface area (Å²) in [7, 11) is 1.52. The van der Waals surface area contributed by atoms with Crippen molar-refractivity contribution in [2.45, 2.75) is 13.8 Å². The number of benzene rings is 3. The van der Waals surface area contributed by atoms with Crippen LogP contribution in [-0.2, 0) is 9.59 Å². The Morgan fingerprint density at radius 3 is 2.64 bits per heavy atom. The minimum absolute atomic E-state index is 0.178. The number of amides is 2. The second kappa shape index (κ2) is 11.3. The Morgan fingerprint density at radius 2 is 1.92 bits per heavy atom. The first kappa shape index (κ1) is 25.9. The molecule has 2 amide bonds. The largest absolute Gasteiger partial charge is 0.493 e. The highest BCUT2D eigenvalue weighted by Crippen LogP contribution is 2.40. The molecule has 0 bridgehead atoms. The maximum atomic E-state index is 13.2. The second-order valence-electron chi connectivity index (χ2n) is 8.04. The molecule has 0 radical (unpaired) electrons. The lowest BCUT2D eigenvalue weighted by Crippen LogP contribution is -2.28. The standard InChI is InChI=1S/C27H23BrN2O4S2/c1-16-7-6-9-19(11-16)29-24(31)15-34-25-20(28)12-18(13-22(25)33-3)14-23-26(32)30(27(35)36-23)21-10-5-4-8-17(21)2/h4-14H,15H2,1-3H3,(H,29,31)/b23-14-. The van der Waals surface area contributed by atoms with Gasteiger partial charge in [0.25, 0.3) is 11.8 Å². The first-order chi connectivity index (χ1) is 17.3. The first-order valence-electron chi connectivity index (χ1n) is 11.0. The van der Waals surface area contributed by atoms with Crippen molar-refractivity contribution in [1.82, 2.24) is 0 Å². The average Bonchev–Trinajstić information content (AvgIpc) is 3.10. The molecule has 3 aromatic carbocycles. The van der Waals surface area contributed by atoms with Gasteiger partial charge in [-0.05, 0) is 82.9 Å². The number of nitrogens with one attached hydrogen (secondary N) is 1. The number of carbonyl (C=O) groups excluding carboxylic acids is 2. The highest BCUT2D eigenvalue weighted by Gasteiger charge is 2.34. The highest BCUT2D eigenvalue weighted by atomic mass is 79.9. The topological polar surface area (TPSA) is 67.9 Å². The van der Waals surface area contributed by atoms with E-state index in [4.69, 9.17) is 21.7 Å². The maximum Gasteiger partial charge on any atom is 0.270 e. The third kappa shape index (κ3) is 5.80. The monoisotopic (exact) mass is 582 g/mol. The van der Waals surface area contributed by atoms with Gasteiger partial charge in [0.05, 0.1) is 22.2 Å². The molecule has 0 aliphatic carbocycles. The molecule has 0 unspecified atom stereocenters. The molecule has 1 aliphatic rings. The first-order valence-corrected chi connectivity index (χ1v) is 13.0. The number of methoxy groups -OCH3 is 1. The van der Waals surface area contributed by atoms with Gasteiger partial charge in [0.1, 0.15) is 0 Å². The Kier molecular flexibility index (Phi) is 8.13. The number of rotatable bonds is 7. The van der Waals surface area contributed by atoms with E-state index in [2.05, 4.69) is 21.2 Å². The molecule has 0 saturated carbocycles. The number of nitrogens with zero attached hydrogens (tertiary/aromatic N) is 1. The Bertz CT molecular complexity index is 1390. The normalized spacial score (nSPS) is 14.3. The van der Waals surface area contributed by atoms with Gasteiger partial charge in [-0.2, -0.15) is 0 Å². The summed E-state index contributed by atoms with van der Waals surface area (Å²) in [6, 6.07) is 18.7. The Balaban J connectivity index is 1.51. The molecule has 4 rings (SSSR count). The summed E-state index contributed by atoms with van der Waals surface area (Å²) in [6.07, 6.45) is 1.76. The van der Waals surface area contributed by atoms with Crippen LogP contribution in [0.1, 0.15) is 16.7 Å². The molecule has 1 saturated heterocycles. The summed E-state index contributed by atoms with van der Waals surface area (Å²) in [5, 5.41) is 2.81. The number of halogens is 1. The van der Waals surface area contributed by atoms with E-state index in [1.165, 1.54) is 18.9 Å². The summed E-state index contributed by atoms with van der Waals surface area (Å²) < 4.78 is 12.3. The van der Waals surface area contributed by atoms with Gasteiger partial charge in [-0.1, -0.05) is 54.3 Å². The molecule has 1 fully saturated rings. The van der Waals surface area contributed by atoms with E-state index in [1.54, 1.807) is 23.1 Å². The molecule has 36 heavy (non-hydrogen) atoms. The number of thioether (sulfide) groups is 1. The summed E-state index contributed by atoms with van der Waals surface area (Å²) in [6.45, 7) is 3.70. The van der Waals surface area contributed by atoms with Crippen molar-refractivity contribution in [3.8, 4) is 11.5 Å². The minimum Gasteiger partial charge on any atom is -0.493 e. The van der Waals surface area contributed by atoms with Crippen LogP contribution in [0.2, 0.25) is 0 Å². The molecule has 1 heterocycles. The van der Waals surface area contributed by atoms with E-state index < -0.39 is 0 Å². The zero-order valence-corrected chi connectivity index (χ0v) is 23.1. The van der Waals surface area contributed by atoms with Crippen molar-refractivity contribution in [2.75, 3.05) is 23.9 Å². The molecule has 9 heteroatoms. The van der Waals surface area contributed by atoms with Crippen LogP contribution in [0.25, 0.3) is 6.08 Å². The lowest BCUT2D eigenvalue weighted by atomic mass is 10.1. The SMILES string of the molecule is COc1cc(/C=C2\SC(=S)N(c3ccccc3C)C2=O)cc(Br)c1OCC(=O)Nc1cccc(C)c1. The van der Waals surface area contributed by atoms with Crippen molar-refractivity contribution in [3.63, 3.8) is 0 Å². The minimum atomic E-state index is -0.293. The van der Waals surface area contributed by atoms with Crippen molar-refractivity contribution in [3.05, 3.63) is 86.7 Å². The van der Waals surface area contributed by atoms with Gasteiger partial charge in [-0.15, -0.1) is 0 Å². The molecule has 0 atom stereocenters. The zero-order valence-electron chi connectivity index (χ0n) is 19.8. The molecule has 0 spiro atoms. The van der Waals surface area contributed by atoms with Gasteiger partial charge in [-0.3, -0.25) is 14.5 Å².